The van der Waals surface area contributed by atoms with E-state index in [2.05, 4.69) is 23.8 Å². The molecule has 0 saturated carbocycles. The van der Waals surface area contributed by atoms with E-state index in [0.717, 1.165) is 18.5 Å². The molecule has 2 heteroatoms. The molecule has 0 N–H and O–H groups in total. The van der Waals surface area contributed by atoms with Gasteiger partial charge in [-0.05, 0) is 12.3 Å². The number of unbranched alkanes of at least 4 members (excludes halogenated alkanes) is 18. The highest BCUT2D eigenvalue weighted by Crippen LogP contribution is 2.26. The summed E-state index contributed by atoms with van der Waals surface area (Å²) in [6.45, 7) is 4.61. The second kappa shape index (κ2) is 24.3. The van der Waals surface area contributed by atoms with E-state index in [0.29, 0.717) is 0 Å². The highest BCUT2D eigenvalue weighted by molar-refractivity contribution is 6.18. The van der Waals surface area contributed by atoms with Gasteiger partial charge in [0.15, 0.2) is 12.4 Å². The molecule has 0 aliphatic carbocycles. The highest BCUT2D eigenvalue weighted by Gasteiger charge is 2.15. The van der Waals surface area contributed by atoms with E-state index >= 15 is 0 Å². The molecule has 2 nitrogen and oxygen atoms in total. The van der Waals surface area contributed by atoms with E-state index < -0.39 is 0 Å². The second-order valence-electron chi connectivity index (χ2n) is 10.7. The van der Waals surface area contributed by atoms with Crippen molar-refractivity contribution in [2.45, 2.75) is 174 Å². The summed E-state index contributed by atoms with van der Waals surface area (Å²) in [6.07, 6.45) is 40.3. The largest absolute Gasteiger partial charge is 0.240 e. The molecule has 0 spiro atoms. The van der Waals surface area contributed by atoms with Crippen LogP contribution in [0.4, 0.5) is 0 Å². The lowest BCUT2D eigenvalue weighted by Crippen LogP contribution is -2.02. The smallest absolute Gasteiger partial charge is 0.0968 e. The molecule has 1 heterocycles. The molecule has 0 saturated heterocycles. The molecular formula is C31H59N2+. The third kappa shape index (κ3) is 20.3. The van der Waals surface area contributed by atoms with E-state index in [1.807, 2.05) is 12.4 Å². The van der Waals surface area contributed by atoms with Crippen LogP contribution in [-0.4, -0.2) is 12.4 Å². The van der Waals surface area contributed by atoms with Gasteiger partial charge in [-0.25, -0.2) is 0 Å². The molecule has 0 aromatic carbocycles. The normalized spacial score (nSPS) is 13.9. The first-order valence-corrected chi connectivity index (χ1v) is 15.3. The average molecular weight is 460 g/mol. The van der Waals surface area contributed by atoms with Crippen molar-refractivity contribution < 1.29 is 0 Å². The molecule has 0 aromatic heterocycles. The number of nitrogens with zero attached hydrogens (tertiary/aromatic N) is 2. The van der Waals surface area contributed by atoms with Crippen LogP contribution >= 0.6 is 0 Å². The first-order chi connectivity index (χ1) is 16.4. The molecule has 192 valence electrons. The van der Waals surface area contributed by atoms with Crippen LogP contribution < -0.4 is 0 Å². The Balaban J connectivity index is 2.08. The molecule has 0 bridgehead atoms. The van der Waals surface area contributed by atoms with E-state index in [-0.39, 0.29) is 0 Å². The summed E-state index contributed by atoms with van der Waals surface area (Å²) in [4.78, 5) is 8.66. The fraction of sp³-hybridized carbons (Fsp3) is 0.903. The number of rotatable bonds is 26. The molecule has 0 radical (unpaired) electrons. The van der Waals surface area contributed by atoms with E-state index in [1.165, 1.54) is 154 Å². The summed E-state index contributed by atoms with van der Waals surface area (Å²) in [6, 6.07) is 0. The Bertz CT molecular complexity index is 430. The van der Waals surface area contributed by atoms with Crippen LogP contribution in [0.3, 0.4) is 0 Å². The van der Waals surface area contributed by atoms with Crippen molar-refractivity contribution in [1.82, 2.24) is 0 Å². The lowest BCUT2D eigenvalue weighted by atomic mass is 9.89. The maximum absolute atomic E-state index is 4.33. The Morgan fingerprint density at radius 3 is 1.18 bits per heavy atom. The maximum Gasteiger partial charge on any atom is 0.240 e. The minimum atomic E-state index is 0.962. The van der Waals surface area contributed by atoms with Crippen LogP contribution in [0.25, 0.3) is 0 Å². The lowest BCUT2D eigenvalue weighted by molar-refractivity contribution is 0.367. The Morgan fingerprint density at radius 2 is 0.788 bits per heavy atom. The van der Waals surface area contributed by atoms with Gasteiger partial charge in [-0.15, -0.1) is 0 Å². The first-order valence-electron chi connectivity index (χ1n) is 15.3. The van der Waals surface area contributed by atoms with E-state index in [4.69, 9.17) is 0 Å². The van der Waals surface area contributed by atoms with Gasteiger partial charge in [-0.3, -0.25) is 0 Å². The van der Waals surface area contributed by atoms with Crippen molar-refractivity contribution in [2.24, 2.45) is 15.9 Å². The Kier molecular flexibility index (Phi) is 22.3. The van der Waals surface area contributed by atoms with Crippen molar-refractivity contribution in [3.8, 4) is 0 Å². The van der Waals surface area contributed by atoms with Crippen molar-refractivity contribution in [1.29, 1.82) is 0 Å². The summed E-state index contributed by atoms with van der Waals surface area (Å²) < 4.78 is 0. The molecule has 1 aliphatic rings. The maximum atomic E-state index is 4.33. The standard InChI is InChI=1S/C31H59N2/c1-3-5-7-9-11-13-15-17-19-21-25-30(26-22-23-27-31-32-28-29-33-31)24-20-18-16-14-12-10-8-6-4-2/h28-30H,3-27H2,1-2H3/q+1. The van der Waals surface area contributed by atoms with Crippen LogP contribution in [0, 0.1) is 12.1 Å². The Hall–Kier alpha value is -0.790. The molecule has 0 fully saturated rings. The summed E-state index contributed by atoms with van der Waals surface area (Å²) in [7, 11) is 0. The minimum Gasteiger partial charge on any atom is -0.0968 e. The zero-order valence-corrected chi connectivity index (χ0v) is 22.8. The highest BCUT2D eigenvalue weighted by atomic mass is 15.0. The number of hydrogen-bond donors (Lipinski definition) is 0. The summed E-state index contributed by atoms with van der Waals surface area (Å²) in [5.74, 6) is 0.962. The van der Waals surface area contributed by atoms with E-state index in [1.54, 1.807) is 0 Å². The molecule has 1 rings (SSSR count). The third-order valence-corrected chi connectivity index (χ3v) is 7.46. The van der Waals surface area contributed by atoms with Gasteiger partial charge in [0.2, 0.25) is 6.17 Å². The van der Waals surface area contributed by atoms with Gasteiger partial charge in [0.25, 0.3) is 0 Å². The van der Waals surface area contributed by atoms with E-state index in [9.17, 15) is 0 Å². The molecule has 0 amide bonds. The summed E-state index contributed by atoms with van der Waals surface area (Å²) >= 11 is 0. The fourth-order valence-corrected chi connectivity index (χ4v) is 5.21. The van der Waals surface area contributed by atoms with Crippen LogP contribution in [-0.2, 0) is 0 Å². The van der Waals surface area contributed by atoms with Gasteiger partial charge >= 0.3 is 0 Å². The van der Waals surface area contributed by atoms with Gasteiger partial charge in [-0.1, -0.05) is 172 Å². The van der Waals surface area contributed by atoms with Crippen LogP contribution in [0.5, 0.6) is 0 Å². The second-order valence-corrected chi connectivity index (χ2v) is 10.7. The molecule has 1 unspecified atom stereocenters. The number of aliphatic imine (C=N–C) groups is 2. The van der Waals surface area contributed by atoms with Crippen molar-refractivity contribution in [3.63, 3.8) is 0 Å². The van der Waals surface area contributed by atoms with Gasteiger partial charge in [0.1, 0.15) is 0 Å². The van der Waals surface area contributed by atoms with Crippen LogP contribution in [0.15, 0.2) is 9.98 Å². The van der Waals surface area contributed by atoms with Crippen molar-refractivity contribution >= 4 is 12.4 Å². The lowest BCUT2D eigenvalue weighted by Gasteiger charge is -2.17. The van der Waals surface area contributed by atoms with Crippen molar-refractivity contribution in [2.75, 3.05) is 0 Å². The number of hydrogen-bond acceptors (Lipinski definition) is 2. The quantitative estimate of drug-likeness (QED) is 0.0907. The van der Waals surface area contributed by atoms with Crippen LogP contribution in [0.2, 0.25) is 0 Å². The predicted molar refractivity (Wildman–Crippen MR) is 150 cm³/mol. The SMILES string of the molecule is CCCCCCCCCCCCC(CCCCCCCCCCC)CCCC[C+]1N=CC=N1. The Morgan fingerprint density at radius 1 is 0.455 bits per heavy atom. The molecule has 33 heavy (non-hydrogen) atoms. The summed E-state index contributed by atoms with van der Waals surface area (Å²) in [5.41, 5.74) is 0. The molecule has 1 aliphatic heterocycles. The predicted octanol–water partition coefficient (Wildman–Crippen LogP) is 11.0. The third-order valence-electron chi connectivity index (χ3n) is 7.46. The van der Waals surface area contributed by atoms with Gasteiger partial charge < -0.3 is 0 Å². The van der Waals surface area contributed by atoms with Gasteiger partial charge in [-0.2, -0.15) is 0 Å². The monoisotopic (exact) mass is 459 g/mol. The minimum absolute atomic E-state index is 0.962. The topological polar surface area (TPSA) is 24.7 Å². The molecule has 1 atom stereocenters. The van der Waals surface area contributed by atoms with Crippen molar-refractivity contribution in [3.05, 3.63) is 6.17 Å². The summed E-state index contributed by atoms with van der Waals surface area (Å²) in [5, 5.41) is 0. The molecular weight excluding hydrogens is 400 g/mol. The fourth-order valence-electron chi connectivity index (χ4n) is 5.21. The van der Waals surface area contributed by atoms with Gasteiger partial charge in [0.05, 0.1) is 6.42 Å². The zero-order valence-electron chi connectivity index (χ0n) is 22.8. The zero-order chi connectivity index (χ0) is 23.7. The first kappa shape index (κ1) is 30.2. The Labute approximate surface area is 208 Å². The van der Waals surface area contributed by atoms with Gasteiger partial charge in [0, 0.05) is 0 Å². The van der Waals surface area contributed by atoms with Crippen LogP contribution in [0.1, 0.15) is 174 Å². The molecule has 0 aromatic rings. The average Bonchev–Trinajstić information content (AvgIpc) is 3.35.